The largest absolute Gasteiger partial charge is 0.352 e. The normalized spacial score (nSPS) is 24.8. The van der Waals surface area contributed by atoms with E-state index in [0.717, 1.165) is 19.5 Å². The van der Waals surface area contributed by atoms with Crippen molar-refractivity contribution >= 4 is 5.91 Å². The summed E-state index contributed by atoms with van der Waals surface area (Å²) in [6, 6.07) is 4.14. The molecular weight excluding hydrogens is 240 g/mol. The zero-order valence-electron chi connectivity index (χ0n) is 11.6. The topological polar surface area (TPSA) is 57.3 Å². The molecule has 0 spiro atoms. The van der Waals surface area contributed by atoms with E-state index in [4.69, 9.17) is 0 Å². The maximum Gasteiger partial charge on any atom is 0.238 e. The van der Waals surface area contributed by atoms with Crippen molar-refractivity contribution in [2.24, 2.45) is 0 Å². The molecular formula is C14H22N4O. The number of nitrogens with zero attached hydrogens (tertiary/aromatic N) is 2. The molecule has 0 aliphatic carbocycles. The summed E-state index contributed by atoms with van der Waals surface area (Å²) >= 11 is 0. The highest BCUT2D eigenvalue weighted by Crippen LogP contribution is 2.13. The first-order valence-electron chi connectivity index (χ1n) is 6.78. The molecule has 1 saturated heterocycles. The molecule has 2 unspecified atom stereocenters. The highest BCUT2D eigenvalue weighted by molar-refractivity contribution is 5.82. The number of nitrogens with one attached hydrogen (secondary N) is 2. The Balaban J connectivity index is 2.12. The Hall–Kier alpha value is -1.46. The van der Waals surface area contributed by atoms with Gasteiger partial charge in [-0.3, -0.25) is 14.7 Å². The highest BCUT2D eigenvalue weighted by Gasteiger charge is 2.29. The van der Waals surface area contributed by atoms with Gasteiger partial charge in [0.25, 0.3) is 0 Å². The van der Waals surface area contributed by atoms with Crippen LogP contribution in [0.15, 0.2) is 24.5 Å². The minimum Gasteiger partial charge on any atom is -0.352 e. The maximum absolute atomic E-state index is 12.2. The van der Waals surface area contributed by atoms with E-state index < -0.39 is 0 Å². The number of likely N-dealkylation sites (N-methyl/N-ethyl adjacent to an activating group) is 1. The lowest BCUT2D eigenvalue weighted by Crippen LogP contribution is -2.49. The first-order chi connectivity index (χ1) is 9.20. The summed E-state index contributed by atoms with van der Waals surface area (Å²) < 4.78 is 0. The van der Waals surface area contributed by atoms with Crippen LogP contribution in [0, 0.1) is 0 Å². The Morgan fingerprint density at radius 3 is 2.89 bits per heavy atom. The monoisotopic (exact) mass is 262 g/mol. The quantitative estimate of drug-likeness (QED) is 0.823. The molecule has 19 heavy (non-hydrogen) atoms. The summed E-state index contributed by atoms with van der Waals surface area (Å²) in [4.78, 5) is 18.5. The van der Waals surface area contributed by atoms with Crippen LogP contribution in [-0.4, -0.2) is 48.0 Å². The molecule has 1 aromatic rings. The third kappa shape index (κ3) is 3.75. The van der Waals surface area contributed by atoms with Gasteiger partial charge in [0.2, 0.25) is 5.91 Å². The van der Waals surface area contributed by atoms with Crippen molar-refractivity contribution < 1.29 is 4.79 Å². The van der Waals surface area contributed by atoms with E-state index in [1.807, 2.05) is 19.2 Å². The van der Waals surface area contributed by atoms with E-state index in [2.05, 4.69) is 27.4 Å². The van der Waals surface area contributed by atoms with Crippen molar-refractivity contribution in [1.29, 1.82) is 0 Å². The molecule has 0 radical (unpaired) electrons. The highest BCUT2D eigenvalue weighted by atomic mass is 16.2. The van der Waals surface area contributed by atoms with Crippen LogP contribution in [-0.2, 0) is 11.3 Å². The van der Waals surface area contributed by atoms with E-state index in [1.54, 1.807) is 12.4 Å². The molecule has 1 aromatic heterocycles. The summed E-state index contributed by atoms with van der Waals surface area (Å²) in [5, 5.41) is 6.17. The molecule has 1 amide bonds. The van der Waals surface area contributed by atoms with Gasteiger partial charge in [-0.1, -0.05) is 0 Å². The minimum absolute atomic E-state index is 0.108. The molecule has 0 saturated carbocycles. The predicted molar refractivity (Wildman–Crippen MR) is 74.6 cm³/mol. The molecule has 2 N–H and O–H groups in total. The number of pyridine rings is 1. The number of hydrogen-bond acceptors (Lipinski definition) is 4. The van der Waals surface area contributed by atoms with Crippen LogP contribution in [0.3, 0.4) is 0 Å². The standard InChI is InChI=1S/C14H22N4O/c1-11-5-8-18(10-12-3-6-16-7-4-12)13(9-15-2)14(19)17-11/h3-4,6-7,11,13,15H,5,8-10H2,1-2H3,(H,17,19). The molecule has 2 atom stereocenters. The summed E-state index contributed by atoms with van der Waals surface area (Å²) in [6.45, 7) is 4.44. The average molecular weight is 262 g/mol. The van der Waals surface area contributed by atoms with Gasteiger partial charge in [0.15, 0.2) is 0 Å². The Morgan fingerprint density at radius 2 is 2.21 bits per heavy atom. The molecule has 1 fully saturated rings. The predicted octanol–water partition coefficient (Wildman–Crippen LogP) is 0.380. The Kier molecular flexibility index (Phi) is 4.87. The summed E-state index contributed by atoms with van der Waals surface area (Å²) in [7, 11) is 1.88. The van der Waals surface area contributed by atoms with Crippen LogP contribution >= 0.6 is 0 Å². The number of rotatable bonds is 4. The van der Waals surface area contributed by atoms with Gasteiger partial charge in [-0.25, -0.2) is 0 Å². The molecule has 2 rings (SSSR count). The van der Waals surface area contributed by atoms with Gasteiger partial charge in [-0.15, -0.1) is 0 Å². The SMILES string of the molecule is CNCC1C(=O)NC(C)CCN1Cc1ccncc1. The van der Waals surface area contributed by atoms with E-state index in [0.29, 0.717) is 6.54 Å². The van der Waals surface area contributed by atoms with Crippen molar-refractivity contribution in [3.8, 4) is 0 Å². The van der Waals surface area contributed by atoms with Crippen molar-refractivity contribution in [2.45, 2.75) is 32.0 Å². The van der Waals surface area contributed by atoms with Crippen LogP contribution in [0.25, 0.3) is 0 Å². The number of carbonyl (C=O) groups is 1. The molecule has 1 aliphatic heterocycles. The van der Waals surface area contributed by atoms with Gasteiger partial charge < -0.3 is 10.6 Å². The van der Waals surface area contributed by atoms with Crippen molar-refractivity contribution in [3.05, 3.63) is 30.1 Å². The third-order valence-electron chi connectivity index (χ3n) is 3.51. The fourth-order valence-electron chi connectivity index (χ4n) is 2.42. The lowest BCUT2D eigenvalue weighted by molar-refractivity contribution is -0.125. The molecule has 5 heteroatoms. The second kappa shape index (κ2) is 6.63. The van der Waals surface area contributed by atoms with Crippen LogP contribution < -0.4 is 10.6 Å². The summed E-state index contributed by atoms with van der Waals surface area (Å²) in [6.07, 6.45) is 4.57. The molecule has 2 heterocycles. The Bertz CT molecular complexity index is 409. The second-order valence-corrected chi connectivity index (χ2v) is 5.10. The maximum atomic E-state index is 12.2. The summed E-state index contributed by atoms with van der Waals surface area (Å²) in [5.41, 5.74) is 1.19. The molecule has 104 valence electrons. The Labute approximate surface area is 114 Å². The number of hydrogen-bond donors (Lipinski definition) is 2. The van der Waals surface area contributed by atoms with Crippen molar-refractivity contribution in [1.82, 2.24) is 20.5 Å². The number of amides is 1. The number of aromatic nitrogens is 1. The zero-order valence-corrected chi connectivity index (χ0v) is 11.6. The van der Waals surface area contributed by atoms with E-state index in [-0.39, 0.29) is 18.0 Å². The van der Waals surface area contributed by atoms with Crippen LogP contribution in [0.4, 0.5) is 0 Å². The fraction of sp³-hybridized carbons (Fsp3) is 0.571. The summed E-state index contributed by atoms with van der Waals surface area (Å²) in [5.74, 6) is 0.119. The lowest BCUT2D eigenvalue weighted by Gasteiger charge is -2.28. The first-order valence-corrected chi connectivity index (χ1v) is 6.78. The van der Waals surface area contributed by atoms with Gasteiger partial charge in [-0.05, 0) is 38.1 Å². The van der Waals surface area contributed by atoms with E-state index >= 15 is 0 Å². The number of carbonyl (C=O) groups excluding carboxylic acids is 1. The van der Waals surface area contributed by atoms with Gasteiger partial charge in [0.05, 0.1) is 0 Å². The van der Waals surface area contributed by atoms with Crippen LogP contribution in [0.1, 0.15) is 18.9 Å². The molecule has 0 aromatic carbocycles. The lowest BCUT2D eigenvalue weighted by atomic mass is 10.1. The first kappa shape index (κ1) is 14.0. The molecule has 1 aliphatic rings. The fourth-order valence-corrected chi connectivity index (χ4v) is 2.42. The van der Waals surface area contributed by atoms with Crippen LogP contribution in [0.5, 0.6) is 0 Å². The third-order valence-corrected chi connectivity index (χ3v) is 3.51. The van der Waals surface area contributed by atoms with E-state index in [9.17, 15) is 4.79 Å². The zero-order chi connectivity index (χ0) is 13.7. The minimum atomic E-state index is -0.108. The van der Waals surface area contributed by atoms with E-state index in [1.165, 1.54) is 5.56 Å². The van der Waals surface area contributed by atoms with Gasteiger partial charge in [-0.2, -0.15) is 0 Å². The average Bonchev–Trinajstić information content (AvgIpc) is 2.53. The molecule has 5 nitrogen and oxygen atoms in total. The van der Waals surface area contributed by atoms with Gasteiger partial charge >= 0.3 is 0 Å². The van der Waals surface area contributed by atoms with Crippen molar-refractivity contribution in [2.75, 3.05) is 20.1 Å². The Morgan fingerprint density at radius 1 is 1.47 bits per heavy atom. The van der Waals surface area contributed by atoms with Gasteiger partial charge in [0, 0.05) is 38.1 Å². The van der Waals surface area contributed by atoms with Gasteiger partial charge in [0.1, 0.15) is 6.04 Å². The molecule has 0 bridgehead atoms. The smallest absolute Gasteiger partial charge is 0.238 e. The second-order valence-electron chi connectivity index (χ2n) is 5.10. The van der Waals surface area contributed by atoms with Crippen molar-refractivity contribution in [3.63, 3.8) is 0 Å². The van der Waals surface area contributed by atoms with Crippen LogP contribution in [0.2, 0.25) is 0 Å².